The van der Waals surface area contributed by atoms with E-state index in [9.17, 15) is 0 Å². The minimum absolute atomic E-state index is 0.199. The van der Waals surface area contributed by atoms with Crippen molar-refractivity contribution in [2.24, 2.45) is 0 Å². The molecule has 0 aliphatic heterocycles. The van der Waals surface area contributed by atoms with E-state index in [2.05, 4.69) is 27.0 Å². The number of nitrogens with zero attached hydrogens (tertiary/aromatic N) is 5. The standard InChI is InChI=1S/C10H12ClN5S/c1-2-3-7-17-10-14-8(11)13-9(15-10)16-6-4-5-12-16/h4-6H,2-3,7H2,1H3. The molecule has 0 aliphatic rings. The SMILES string of the molecule is CCCCSc1nc(Cl)nc(-n2cccn2)n1. The maximum Gasteiger partial charge on any atom is 0.255 e. The van der Waals surface area contributed by atoms with Crippen molar-refractivity contribution in [3.8, 4) is 5.95 Å². The zero-order valence-corrected chi connectivity index (χ0v) is 10.9. The molecule has 2 aromatic rings. The number of thioether (sulfide) groups is 1. The molecule has 90 valence electrons. The molecular weight excluding hydrogens is 258 g/mol. The number of hydrogen-bond donors (Lipinski definition) is 0. The summed E-state index contributed by atoms with van der Waals surface area (Å²) in [6.45, 7) is 2.15. The minimum atomic E-state index is 0.199. The summed E-state index contributed by atoms with van der Waals surface area (Å²) in [5, 5.41) is 4.90. The Morgan fingerprint density at radius 1 is 1.35 bits per heavy atom. The Bertz CT molecular complexity index is 474. The highest BCUT2D eigenvalue weighted by atomic mass is 35.5. The van der Waals surface area contributed by atoms with Gasteiger partial charge in [0.1, 0.15) is 0 Å². The second-order valence-corrected chi connectivity index (χ2v) is 4.74. The largest absolute Gasteiger partial charge is 0.255 e. The van der Waals surface area contributed by atoms with Crippen molar-refractivity contribution in [1.82, 2.24) is 24.7 Å². The third kappa shape index (κ3) is 3.41. The van der Waals surface area contributed by atoms with Crippen molar-refractivity contribution in [2.45, 2.75) is 24.9 Å². The first-order valence-electron chi connectivity index (χ1n) is 5.34. The summed E-state index contributed by atoms with van der Waals surface area (Å²) in [5.41, 5.74) is 0. The molecule has 0 unspecified atom stereocenters. The van der Waals surface area contributed by atoms with Gasteiger partial charge in [-0.2, -0.15) is 20.1 Å². The highest BCUT2D eigenvalue weighted by Gasteiger charge is 2.07. The predicted octanol–water partition coefficient (Wildman–Crippen LogP) is 2.60. The van der Waals surface area contributed by atoms with E-state index in [-0.39, 0.29) is 5.28 Å². The zero-order valence-electron chi connectivity index (χ0n) is 9.38. The van der Waals surface area contributed by atoms with Gasteiger partial charge >= 0.3 is 0 Å². The van der Waals surface area contributed by atoms with Crippen LogP contribution in [0.5, 0.6) is 0 Å². The van der Waals surface area contributed by atoms with Crippen molar-refractivity contribution in [1.29, 1.82) is 0 Å². The Morgan fingerprint density at radius 3 is 2.94 bits per heavy atom. The molecule has 0 spiro atoms. The molecule has 0 aliphatic carbocycles. The third-order valence-corrected chi connectivity index (χ3v) is 3.12. The van der Waals surface area contributed by atoms with Crippen LogP contribution in [0.25, 0.3) is 5.95 Å². The van der Waals surface area contributed by atoms with Gasteiger partial charge < -0.3 is 0 Å². The molecule has 0 atom stereocenters. The topological polar surface area (TPSA) is 56.5 Å². The van der Waals surface area contributed by atoms with E-state index in [1.165, 1.54) is 0 Å². The van der Waals surface area contributed by atoms with Gasteiger partial charge in [0.15, 0.2) is 5.16 Å². The van der Waals surface area contributed by atoms with E-state index in [4.69, 9.17) is 11.6 Å². The first-order chi connectivity index (χ1) is 8.29. The normalized spacial score (nSPS) is 10.7. The number of aromatic nitrogens is 5. The fourth-order valence-electron chi connectivity index (χ4n) is 1.18. The molecule has 0 amide bonds. The van der Waals surface area contributed by atoms with E-state index in [0.29, 0.717) is 11.1 Å². The number of hydrogen-bond acceptors (Lipinski definition) is 5. The quantitative estimate of drug-likeness (QED) is 0.617. The Kier molecular flexibility index (Phi) is 4.33. The van der Waals surface area contributed by atoms with Crippen molar-refractivity contribution < 1.29 is 0 Å². The average Bonchev–Trinajstić information content (AvgIpc) is 2.82. The number of unbranched alkanes of at least 4 members (excludes halogenated alkanes) is 1. The van der Waals surface area contributed by atoms with Gasteiger partial charge in [-0.15, -0.1) is 0 Å². The van der Waals surface area contributed by atoms with Crippen molar-refractivity contribution >= 4 is 23.4 Å². The van der Waals surface area contributed by atoms with Crippen LogP contribution in [0.2, 0.25) is 5.28 Å². The van der Waals surface area contributed by atoms with Gasteiger partial charge in [0.2, 0.25) is 5.28 Å². The van der Waals surface area contributed by atoms with Gasteiger partial charge in [0.05, 0.1) is 0 Å². The van der Waals surface area contributed by atoms with E-state index >= 15 is 0 Å². The van der Waals surface area contributed by atoms with Gasteiger partial charge in [0.25, 0.3) is 5.95 Å². The first-order valence-corrected chi connectivity index (χ1v) is 6.70. The Labute approximate surface area is 109 Å². The molecule has 2 heterocycles. The summed E-state index contributed by atoms with van der Waals surface area (Å²) >= 11 is 7.45. The summed E-state index contributed by atoms with van der Waals surface area (Å²) < 4.78 is 1.57. The van der Waals surface area contributed by atoms with E-state index in [1.54, 1.807) is 28.8 Å². The van der Waals surface area contributed by atoms with Crippen LogP contribution >= 0.6 is 23.4 Å². The first kappa shape index (κ1) is 12.3. The number of halogens is 1. The molecule has 0 fully saturated rings. The maximum absolute atomic E-state index is 5.86. The van der Waals surface area contributed by atoms with Crippen LogP contribution in [0.3, 0.4) is 0 Å². The van der Waals surface area contributed by atoms with Crippen LogP contribution in [-0.2, 0) is 0 Å². The molecule has 2 aromatic heterocycles. The highest BCUT2D eigenvalue weighted by Crippen LogP contribution is 2.17. The van der Waals surface area contributed by atoms with Crippen LogP contribution in [-0.4, -0.2) is 30.5 Å². The summed E-state index contributed by atoms with van der Waals surface area (Å²) in [4.78, 5) is 12.4. The van der Waals surface area contributed by atoms with Crippen LogP contribution in [0.1, 0.15) is 19.8 Å². The summed E-state index contributed by atoms with van der Waals surface area (Å²) in [5.74, 6) is 1.43. The molecule has 5 nitrogen and oxygen atoms in total. The van der Waals surface area contributed by atoms with Crippen LogP contribution in [0, 0.1) is 0 Å². The monoisotopic (exact) mass is 269 g/mol. The Morgan fingerprint density at radius 2 is 2.24 bits per heavy atom. The smallest absolute Gasteiger partial charge is 0.206 e. The van der Waals surface area contributed by atoms with Gasteiger partial charge in [-0.1, -0.05) is 25.1 Å². The summed E-state index contributed by atoms with van der Waals surface area (Å²) in [6.07, 6.45) is 5.72. The Hall–Kier alpha value is -1.14. The molecule has 0 radical (unpaired) electrons. The lowest BCUT2D eigenvalue weighted by Gasteiger charge is -2.03. The van der Waals surface area contributed by atoms with Crippen molar-refractivity contribution in [2.75, 3.05) is 5.75 Å². The molecule has 0 aromatic carbocycles. The van der Waals surface area contributed by atoms with Gasteiger partial charge in [0, 0.05) is 18.1 Å². The van der Waals surface area contributed by atoms with Gasteiger partial charge in [-0.25, -0.2) is 4.68 Å². The summed E-state index contributed by atoms with van der Waals surface area (Å²) in [7, 11) is 0. The predicted molar refractivity (Wildman–Crippen MR) is 67.6 cm³/mol. The molecule has 0 bridgehead atoms. The van der Waals surface area contributed by atoms with Crippen molar-refractivity contribution in [3.63, 3.8) is 0 Å². The zero-order chi connectivity index (χ0) is 12.1. The van der Waals surface area contributed by atoms with Crippen LogP contribution in [0.4, 0.5) is 0 Å². The molecule has 7 heteroatoms. The lowest BCUT2D eigenvalue weighted by atomic mass is 10.4. The van der Waals surface area contributed by atoms with Gasteiger partial charge in [-0.05, 0) is 24.1 Å². The van der Waals surface area contributed by atoms with Gasteiger partial charge in [-0.3, -0.25) is 0 Å². The Balaban J connectivity index is 2.18. The molecule has 0 N–H and O–H groups in total. The average molecular weight is 270 g/mol. The number of rotatable bonds is 5. The fraction of sp³-hybridized carbons (Fsp3) is 0.400. The van der Waals surface area contributed by atoms with E-state index < -0.39 is 0 Å². The molecule has 0 saturated carbocycles. The lowest BCUT2D eigenvalue weighted by Crippen LogP contribution is -2.04. The third-order valence-electron chi connectivity index (χ3n) is 2.01. The molecular formula is C10H12ClN5S. The molecule has 0 saturated heterocycles. The maximum atomic E-state index is 5.86. The summed E-state index contributed by atoms with van der Waals surface area (Å²) in [6, 6.07) is 1.81. The molecule has 17 heavy (non-hydrogen) atoms. The second-order valence-electron chi connectivity index (χ2n) is 3.34. The van der Waals surface area contributed by atoms with Crippen LogP contribution < -0.4 is 0 Å². The highest BCUT2D eigenvalue weighted by molar-refractivity contribution is 7.99. The van der Waals surface area contributed by atoms with Crippen molar-refractivity contribution in [3.05, 3.63) is 23.7 Å². The van der Waals surface area contributed by atoms with E-state index in [0.717, 1.165) is 18.6 Å². The fourth-order valence-corrected chi connectivity index (χ4v) is 2.30. The lowest BCUT2D eigenvalue weighted by molar-refractivity contribution is 0.758. The molecule has 2 rings (SSSR count). The van der Waals surface area contributed by atoms with Crippen LogP contribution in [0.15, 0.2) is 23.6 Å². The minimum Gasteiger partial charge on any atom is -0.206 e. The second kappa shape index (κ2) is 5.97. The van der Waals surface area contributed by atoms with E-state index in [1.807, 2.05) is 6.07 Å².